The molecule has 0 bridgehead atoms. The highest BCUT2D eigenvalue weighted by Crippen LogP contribution is 2.40. The number of benzene rings is 7. The van der Waals surface area contributed by atoms with Crippen molar-refractivity contribution in [1.82, 2.24) is 15.7 Å². The lowest BCUT2D eigenvalue weighted by Crippen LogP contribution is -2.26. The number of hydrogen-bond acceptors (Lipinski definition) is 12. The fourth-order valence-corrected chi connectivity index (χ4v) is 9.24. The van der Waals surface area contributed by atoms with Gasteiger partial charge < -0.3 is 44.5 Å². The number of rotatable bonds is 26. The number of phenols is 1. The molecular formula is C87H97F19IN3O13. The zero-order chi connectivity index (χ0) is 94.2. The first-order valence-electron chi connectivity index (χ1n) is 37.7. The Labute approximate surface area is 713 Å². The summed E-state index contributed by atoms with van der Waals surface area (Å²) in [6.45, 7) is 24.4. The van der Waals surface area contributed by atoms with Crippen molar-refractivity contribution in [3.63, 3.8) is 0 Å². The van der Waals surface area contributed by atoms with Crippen LogP contribution in [0.2, 0.25) is 0 Å². The number of alkyl halides is 16. The number of carbonyl (C=O) groups excluding carboxylic acids is 4. The molecule has 0 radical (unpaired) electrons. The van der Waals surface area contributed by atoms with Gasteiger partial charge in [-0.05, 0) is 214 Å². The first-order chi connectivity index (χ1) is 56.9. The van der Waals surface area contributed by atoms with E-state index in [2.05, 4.69) is 51.8 Å². The Morgan fingerprint density at radius 1 is 0.423 bits per heavy atom. The van der Waals surface area contributed by atoms with E-state index in [0.717, 1.165) is 106 Å². The number of nitrogens with zero attached hydrogens (tertiary/aromatic N) is 1. The molecule has 678 valence electrons. The van der Waals surface area contributed by atoms with Crippen molar-refractivity contribution < 1.29 is 146 Å². The molecule has 0 aliphatic carbocycles. The van der Waals surface area contributed by atoms with E-state index in [1.165, 1.54) is 78.0 Å². The average Bonchev–Trinajstić information content (AvgIpc) is 0.820. The molecule has 123 heavy (non-hydrogen) atoms. The predicted molar refractivity (Wildman–Crippen MR) is 435 cm³/mol. The number of amides is 3. The van der Waals surface area contributed by atoms with Gasteiger partial charge in [0.2, 0.25) is 11.8 Å². The highest BCUT2D eigenvalue weighted by atomic mass is 127. The van der Waals surface area contributed by atoms with Crippen molar-refractivity contribution in [2.24, 2.45) is 0 Å². The molecule has 7 aromatic carbocycles. The Morgan fingerprint density at radius 2 is 0.691 bits per heavy atom. The van der Waals surface area contributed by atoms with Crippen LogP contribution in [-0.2, 0) is 54.8 Å². The summed E-state index contributed by atoms with van der Waals surface area (Å²) in [5.74, 6) is -7.60. The van der Waals surface area contributed by atoms with Gasteiger partial charge in [-0.1, -0.05) is 82.3 Å². The molecule has 4 N–H and O–H groups in total. The maximum Gasteiger partial charge on any atom is 0.416 e. The van der Waals surface area contributed by atoms with E-state index in [0.29, 0.717) is 60.6 Å². The number of carboxylic acid groups (broad SMARTS) is 1. The molecule has 7 rings (SSSR count). The van der Waals surface area contributed by atoms with E-state index in [1.54, 1.807) is 41.5 Å². The molecule has 7 aromatic rings. The van der Waals surface area contributed by atoms with Gasteiger partial charge in [-0.3, -0.25) is 19.2 Å². The van der Waals surface area contributed by atoms with Crippen LogP contribution < -0.4 is 29.6 Å². The second-order valence-electron chi connectivity index (χ2n) is 27.2. The van der Waals surface area contributed by atoms with Crippen LogP contribution in [0.25, 0.3) is 18.2 Å². The molecular weight excluding hydrogens is 1780 g/mol. The average molecular weight is 1880 g/mol. The van der Waals surface area contributed by atoms with Crippen molar-refractivity contribution in [2.45, 2.75) is 200 Å². The molecule has 0 aliphatic heterocycles. The number of esters is 1. The Morgan fingerprint density at radius 3 is 0.951 bits per heavy atom. The molecule has 0 aromatic heterocycles. The van der Waals surface area contributed by atoms with Gasteiger partial charge in [0, 0.05) is 57.0 Å². The number of methoxy groups -OCH3 is 1. The standard InChI is InChI=1S/2C23H24F5NO2.C15H17F3O3.C14H18F3NO3.C8H5F3O3.C4H9I/c2*1-5-13(2)31-21-12-18(23(26,27)28)8-6-16(21)7-9-22(30)29-15(4)17-10-19(24)14(3)20(25)11-17;1-4-10(2)21-13-9-12(15(16,17)18)7-5-11(13)6-8-14(19)20-3;1-5-9(2)21-12-8-10(14(15,16)17)6-7-11(12)13(19)18(3)20-4;9-8(10,11)4-1-2-5(7(13)14)6(12)3-4;1-3-4(2)5/h2*6-13,15H,5H2,1-4H3,(H,29,30);5-10H,4H2,1-3H3;6-9H,5H2,1-4H3;1-3,12H,(H,13,14);4H,3H2,1-2H3/b2*9-7+;8-6+;;;/t2*13?,15-;;;;/m11..../s1. The Bertz CT molecular complexity index is 4510. The van der Waals surface area contributed by atoms with Crippen molar-refractivity contribution in [3.8, 4) is 28.7 Å². The van der Waals surface area contributed by atoms with E-state index >= 15 is 0 Å². The van der Waals surface area contributed by atoms with Crippen LogP contribution in [-0.4, -0.2) is 94.5 Å². The quantitative estimate of drug-likeness (QED) is 0.00995. The smallest absolute Gasteiger partial charge is 0.416 e. The lowest BCUT2D eigenvalue weighted by atomic mass is 10.1. The van der Waals surface area contributed by atoms with Crippen molar-refractivity contribution >= 4 is 70.5 Å². The third-order valence-electron chi connectivity index (χ3n) is 17.6. The van der Waals surface area contributed by atoms with Gasteiger partial charge in [0.1, 0.15) is 57.6 Å². The largest absolute Gasteiger partial charge is 0.507 e. The van der Waals surface area contributed by atoms with Crippen LogP contribution in [0, 0.1) is 37.1 Å². The predicted octanol–water partition coefficient (Wildman–Crippen LogP) is 24.6. The molecule has 3 amide bonds. The minimum absolute atomic E-state index is 0.00366. The molecule has 0 saturated heterocycles. The van der Waals surface area contributed by atoms with Crippen molar-refractivity contribution in [1.29, 1.82) is 0 Å². The minimum Gasteiger partial charge on any atom is -0.507 e. The number of aromatic hydroxyl groups is 1. The summed E-state index contributed by atoms with van der Waals surface area (Å²) in [6, 6.07) is 16.8. The van der Waals surface area contributed by atoms with Crippen LogP contribution in [0.4, 0.5) is 83.4 Å². The Balaban J connectivity index is 0.000000525. The molecule has 5 unspecified atom stereocenters. The van der Waals surface area contributed by atoms with E-state index in [9.17, 15) is 107 Å². The topological polar surface area (TPSA) is 208 Å². The summed E-state index contributed by atoms with van der Waals surface area (Å²) in [5.41, 5.74) is -3.75. The summed E-state index contributed by atoms with van der Waals surface area (Å²) in [6.07, 6.45) is -12.7. The monoisotopic (exact) mass is 1880 g/mol. The molecule has 36 heteroatoms. The van der Waals surface area contributed by atoms with E-state index < -0.39 is 135 Å². The maximum atomic E-state index is 13.7. The van der Waals surface area contributed by atoms with Gasteiger partial charge >= 0.3 is 42.8 Å². The van der Waals surface area contributed by atoms with Gasteiger partial charge in [-0.25, -0.2) is 32.2 Å². The third-order valence-corrected chi connectivity index (χ3v) is 18.5. The fraction of sp³-hybridized carbons (Fsp3) is 0.391. The van der Waals surface area contributed by atoms with Crippen molar-refractivity contribution in [2.75, 3.05) is 21.3 Å². The summed E-state index contributed by atoms with van der Waals surface area (Å²) < 4.78 is 273. The van der Waals surface area contributed by atoms with E-state index in [4.69, 9.17) is 34.0 Å². The Hall–Kier alpha value is -10.5. The number of carboxylic acids is 1. The second kappa shape index (κ2) is 49.7. The molecule has 0 heterocycles. The summed E-state index contributed by atoms with van der Waals surface area (Å²) in [7, 11) is 3.88. The van der Waals surface area contributed by atoms with Gasteiger partial charge in [0.05, 0.1) is 84.1 Å². The van der Waals surface area contributed by atoms with Crippen molar-refractivity contribution in [3.05, 3.63) is 235 Å². The third kappa shape index (κ3) is 37.2. The minimum atomic E-state index is -4.59. The van der Waals surface area contributed by atoms with Gasteiger partial charge in [0.15, 0.2) is 0 Å². The summed E-state index contributed by atoms with van der Waals surface area (Å²) in [5, 5.41) is 23.4. The first kappa shape index (κ1) is 109. The molecule has 0 aliphatic rings. The van der Waals surface area contributed by atoms with Crippen LogP contribution >= 0.6 is 22.6 Å². The zero-order valence-electron chi connectivity index (χ0n) is 69.9. The van der Waals surface area contributed by atoms with Crippen LogP contribution in [0.15, 0.2) is 133 Å². The first-order valence-corrected chi connectivity index (χ1v) is 38.9. The summed E-state index contributed by atoms with van der Waals surface area (Å²) >= 11 is 2.41. The van der Waals surface area contributed by atoms with Crippen LogP contribution in [0.5, 0.6) is 28.7 Å². The number of aromatic carboxylic acids is 1. The molecule has 0 fully saturated rings. The summed E-state index contributed by atoms with van der Waals surface area (Å²) in [4.78, 5) is 62.7. The number of nitrogens with one attached hydrogen (secondary N) is 2. The Kier molecular flexibility index (Phi) is 43.8. The highest BCUT2D eigenvalue weighted by molar-refractivity contribution is 14.1. The number of carbonyl (C=O) groups is 5. The molecule has 7 atom stereocenters. The highest BCUT2D eigenvalue weighted by Gasteiger charge is 2.36. The van der Waals surface area contributed by atoms with Gasteiger partial charge in [-0.2, -0.15) is 65.9 Å². The molecule has 0 spiro atoms. The number of hydrogen-bond donors (Lipinski definition) is 4. The maximum absolute atomic E-state index is 13.7. The SMILES string of the molecule is CCC(C)I.CCC(C)Oc1cc(C(F)(F)F)ccc1/C=C/C(=O)N[C@H](C)c1cc(F)c(C)c(F)c1.CCC(C)Oc1cc(C(F)(F)F)ccc1/C=C/C(=O)N[C@H](C)c1cc(F)c(C)c(F)c1.CCC(C)Oc1cc(C(F)(F)F)ccc1/C=C/C(=O)OC.CCC(C)Oc1cc(C(F)(F)F)ccc1C(=O)N(C)OC.O=C(O)c1ccc(C(F)(F)F)cc1O. The lowest BCUT2D eigenvalue weighted by molar-refractivity contribution is -0.138. The molecule has 0 saturated carbocycles. The lowest BCUT2D eigenvalue weighted by Gasteiger charge is -2.20. The fourth-order valence-electron chi connectivity index (χ4n) is 9.24. The van der Waals surface area contributed by atoms with Crippen LogP contribution in [0.1, 0.15) is 215 Å². The normalized spacial score (nSPS) is 13.3. The van der Waals surface area contributed by atoms with Gasteiger partial charge in [-0.15, -0.1) is 0 Å². The van der Waals surface area contributed by atoms with Crippen LogP contribution in [0.3, 0.4) is 0 Å². The molecule has 16 nitrogen and oxygen atoms in total. The van der Waals surface area contributed by atoms with E-state index in [1.807, 2.05) is 27.7 Å². The number of hydroxylamine groups is 2. The number of ether oxygens (including phenoxy) is 5. The zero-order valence-corrected chi connectivity index (χ0v) is 72.1. The van der Waals surface area contributed by atoms with E-state index in [-0.39, 0.29) is 75.2 Å². The second-order valence-corrected chi connectivity index (χ2v) is 29.3. The number of halogens is 20. The van der Waals surface area contributed by atoms with Gasteiger partial charge in [0.25, 0.3) is 5.91 Å².